The van der Waals surface area contributed by atoms with Gasteiger partial charge in [0.15, 0.2) is 0 Å². The number of carbonyl (C=O) groups is 1. The van der Waals surface area contributed by atoms with Crippen LogP contribution in [0.3, 0.4) is 0 Å². The van der Waals surface area contributed by atoms with Gasteiger partial charge in [0.1, 0.15) is 17.1 Å². The highest BCUT2D eigenvalue weighted by Crippen LogP contribution is 2.49. The summed E-state index contributed by atoms with van der Waals surface area (Å²) in [5, 5.41) is 2.74. The SMILES string of the molecule is COCC12CCC(N=Cc3cc(C(=O)Nc4cccn(C5CC5)c4=O)c(OC(C)C)nc3N)(CO1)C2. The Morgan fingerprint density at radius 2 is 2.22 bits per heavy atom. The van der Waals surface area contributed by atoms with E-state index in [1.807, 2.05) is 13.8 Å². The van der Waals surface area contributed by atoms with Crippen molar-refractivity contribution in [3.05, 3.63) is 45.9 Å². The van der Waals surface area contributed by atoms with Crippen molar-refractivity contribution in [2.24, 2.45) is 4.99 Å². The van der Waals surface area contributed by atoms with Crippen LogP contribution in [0, 0.1) is 0 Å². The van der Waals surface area contributed by atoms with E-state index in [0.717, 1.165) is 32.1 Å². The highest BCUT2D eigenvalue weighted by atomic mass is 16.5. The number of carbonyl (C=O) groups excluding carboxylic acids is 1. The molecule has 0 aromatic carbocycles. The molecule has 192 valence electrons. The molecule has 36 heavy (non-hydrogen) atoms. The average molecular weight is 496 g/mol. The number of fused-ring (bicyclic) bond motifs is 2. The molecule has 3 fully saturated rings. The number of nitrogen functional groups attached to an aromatic ring is 1. The van der Waals surface area contributed by atoms with Gasteiger partial charge in [-0.3, -0.25) is 14.6 Å². The summed E-state index contributed by atoms with van der Waals surface area (Å²) < 4.78 is 18.8. The summed E-state index contributed by atoms with van der Waals surface area (Å²) in [5.74, 6) is -0.183. The zero-order chi connectivity index (χ0) is 25.5. The quantitative estimate of drug-likeness (QED) is 0.512. The Bertz CT molecular complexity index is 1240. The molecule has 1 amide bonds. The fourth-order valence-electron chi connectivity index (χ4n) is 5.09. The Morgan fingerprint density at radius 3 is 2.89 bits per heavy atom. The summed E-state index contributed by atoms with van der Waals surface area (Å²) in [4.78, 5) is 35.4. The second-order valence-electron chi connectivity index (χ2n) is 10.4. The lowest BCUT2D eigenvalue weighted by Crippen LogP contribution is -2.32. The Balaban J connectivity index is 1.43. The Labute approximate surface area is 209 Å². The minimum absolute atomic E-state index is 0.109. The molecule has 3 aliphatic rings. The molecular formula is C26H33N5O5. The first kappa shape index (κ1) is 24.5. The third kappa shape index (κ3) is 4.75. The third-order valence-electron chi connectivity index (χ3n) is 7.03. The monoisotopic (exact) mass is 495 g/mol. The van der Waals surface area contributed by atoms with Crippen molar-refractivity contribution in [3.63, 3.8) is 0 Å². The van der Waals surface area contributed by atoms with E-state index in [-0.39, 0.29) is 51.8 Å². The zero-order valence-corrected chi connectivity index (χ0v) is 21.0. The van der Waals surface area contributed by atoms with Gasteiger partial charge >= 0.3 is 0 Å². The van der Waals surface area contributed by atoms with Gasteiger partial charge in [-0.2, -0.15) is 4.98 Å². The molecule has 2 saturated carbocycles. The summed E-state index contributed by atoms with van der Waals surface area (Å²) in [6, 6.07) is 5.17. The number of methoxy groups -OCH3 is 1. The van der Waals surface area contributed by atoms with Crippen LogP contribution in [0.25, 0.3) is 0 Å². The minimum atomic E-state index is -0.499. The van der Waals surface area contributed by atoms with Gasteiger partial charge in [-0.05, 0) is 57.7 Å². The van der Waals surface area contributed by atoms with Crippen molar-refractivity contribution in [3.8, 4) is 5.88 Å². The van der Waals surface area contributed by atoms with Gasteiger partial charge in [0, 0.05) is 37.5 Å². The zero-order valence-electron chi connectivity index (χ0n) is 21.0. The molecule has 10 nitrogen and oxygen atoms in total. The van der Waals surface area contributed by atoms with E-state index in [0.29, 0.717) is 18.8 Å². The second kappa shape index (κ2) is 9.33. The predicted octanol–water partition coefficient (Wildman–Crippen LogP) is 2.96. The van der Waals surface area contributed by atoms with Crippen LogP contribution in [-0.2, 0) is 9.47 Å². The largest absolute Gasteiger partial charge is 0.474 e. The maximum atomic E-state index is 13.3. The number of rotatable bonds is 9. The molecule has 2 aromatic heterocycles. The number of nitrogens with one attached hydrogen (secondary N) is 1. The normalized spacial score (nSPS) is 25.1. The lowest BCUT2D eigenvalue weighted by atomic mass is 9.99. The molecule has 10 heteroatoms. The number of amides is 1. The lowest BCUT2D eigenvalue weighted by molar-refractivity contribution is -0.0652. The van der Waals surface area contributed by atoms with Crippen molar-refractivity contribution in [1.82, 2.24) is 9.55 Å². The first-order valence-corrected chi connectivity index (χ1v) is 12.4. The highest BCUT2D eigenvalue weighted by molar-refractivity contribution is 6.07. The molecule has 0 spiro atoms. The van der Waals surface area contributed by atoms with E-state index < -0.39 is 5.91 Å². The van der Waals surface area contributed by atoms with E-state index in [1.54, 1.807) is 42.3 Å². The molecule has 2 bridgehead atoms. The molecule has 1 saturated heterocycles. The molecule has 2 atom stereocenters. The van der Waals surface area contributed by atoms with Gasteiger partial charge in [0.25, 0.3) is 11.5 Å². The van der Waals surface area contributed by atoms with Gasteiger partial charge < -0.3 is 29.8 Å². The van der Waals surface area contributed by atoms with Crippen molar-refractivity contribution in [2.75, 3.05) is 31.4 Å². The molecule has 3 heterocycles. The Kier molecular flexibility index (Phi) is 6.34. The molecule has 1 aliphatic heterocycles. The van der Waals surface area contributed by atoms with Gasteiger partial charge in [0.2, 0.25) is 5.88 Å². The summed E-state index contributed by atoms with van der Waals surface area (Å²) >= 11 is 0. The van der Waals surface area contributed by atoms with Crippen molar-refractivity contribution < 1.29 is 19.0 Å². The fraction of sp³-hybridized carbons (Fsp3) is 0.538. The standard InChI is InChI=1S/C26H33N5O5/c1-16(2)36-23-19(22(32)29-20-5-4-10-31(24(20)33)18-6-7-18)11-17(21(27)30-23)12-28-25-8-9-26(13-25,15-34-3)35-14-25/h4-5,10-12,16,18H,6-9,13-15H2,1-3H3,(H2,27,30)(H,29,32). The predicted molar refractivity (Wildman–Crippen MR) is 136 cm³/mol. The first-order valence-electron chi connectivity index (χ1n) is 12.4. The molecule has 2 aromatic rings. The van der Waals surface area contributed by atoms with Gasteiger partial charge in [-0.25, -0.2) is 0 Å². The molecule has 5 rings (SSSR count). The van der Waals surface area contributed by atoms with E-state index in [9.17, 15) is 9.59 Å². The van der Waals surface area contributed by atoms with Crippen molar-refractivity contribution in [1.29, 1.82) is 0 Å². The summed E-state index contributed by atoms with van der Waals surface area (Å²) in [5.41, 5.74) is 6.29. The number of nitrogens with two attached hydrogens (primary N) is 1. The van der Waals surface area contributed by atoms with Crippen LogP contribution < -0.4 is 21.3 Å². The number of aliphatic imine (C=N–C) groups is 1. The second-order valence-corrected chi connectivity index (χ2v) is 10.4. The van der Waals surface area contributed by atoms with Crippen molar-refractivity contribution in [2.45, 2.75) is 69.2 Å². The maximum Gasteiger partial charge on any atom is 0.274 e. The summed E-state index contributed by atoms with van der Waals surface area (Å²) in [6.45, 7) is 4.74. The fourth-order valence-corrected chi connectivity index (χ4v) is 5.09. The first-order chi connectivity index (χ1) is 17.2. The molecule has 2 unspecified atom stereocenters. The lowest BCUT2D eigenvalue weighted by Gasteiger charge is -2.26. The van der Waals surface area contributed by atoms with Crippen LogP contribution in [0.5, 0.6) is 5.88 Å². The molecular weight excluding hydrogens is 462 g/mol. The van der Waals surface area contributed by atoms with E-state index >= 15 is 0 Å². The van der Waals surface area contributed by atoms with Gasteiger partial charge in [-0.1, -0.05) is 0 Å². The van der Waals surface area contributed by atoms with Crippen molar-refractivity contribution >= 4 is 23.6 Å². The van der Waals surface area contributed by atoms with Crippen LogP contribution in [0.15, 0.2) is 34.2 Å². The Morgan fingerprint density at radius 1 is 1.42 bits per heavy atom. The molecule has 2 aliphatic carbocycles. The van der Waals surface area contributed by atoms with Crippen LogP contribution in [0.4, 0.5) is 11.5 Å². The van der Waals surface area contributed by atoms with Gasteiger partial charge in [0.05, 0.1) is 30.5 Å². The van der Waals surface area contributed by atoms with Gasteiger partial charge in [-0.15, -0.1) is 0 Å². The average Bonchev–Trinajstić information content (AvgIpc) is 3.53. The number of hydrogen-bond acceptors (Lipinski definition) is 8. The number of pyridine rings is 2. The number of anilines is 2. The maximum absolute atomic E-state index is 13.3. The topological polar surface area (TPSA) is 130 Å². The Hall–Kier alpha value is -3.24. The smallest absolute Gasteiger partial charge is 0.274 e. The summed E-state index contributed by atoms with van der Waals surface area (Å²) in [7, 11) is 1.68. The van der Waals surface area contributed by atoms with Crippen LogP contribution in [0.1, 0.15) is 67.9 Å². The van der Waals surface area contributed by atoms with Crippen LogP contribution in [-0.4, -0.2) is 59.2 Å². The van der Waals surface area contributed by atoms with Crippen LogP contribution >= 0.6 is 0 Å². The van der Waals surface area contributed by atoms with E-state index in [2.05, 4.69) is 10.3 Å². The third-order valence-corrected chi connectivity index (χ3v) is 7.03. The van der Waals surface area contributed by atoms with Crippen LogP contribution in [0.2, 0.25) is 0 Å². The van der Waals surface area contributed by atoms with E-state index in [4.69, 9.17) is 24.9 Å². The minimum Gasteiger partial charge on any atom is -0.474 e. The summed E-state index contributed by atoms with van der Waals surface area (Å²) in [6.07, 6.45) is 7.67. The number of hydrogen-bond donors (Lipinski definition) is 2. The molecule has 0 radical (unpaired) electrons. The molecule has 3 N–H and O–H groups in total. The van der Waals surface area contributed by atoms with E-state index in [1.165, 1.54) is 0 Å². The number of aromatic nitrogens is 2. The number of ether oxygens (including phenoxy) is 3. The highest BCUT2D eigenvalue weighted by Gasteiger charge is 2.55. The number of nitrogens with zero attached hydrogens (tertiary/aromatic N) is 3.